The number of fused-ring (bicyclic) bond motifs is 1. The predicted molar refractivity (Wildman–Crippen MR) is 103 cm³/mol. The Labute approximate surface area is 147 Å². The Morgan fingerprint density at radius 2 is 1.84 bits per heavy atom. The summed E-state index contributed by atoms with van der Waals surface area (Å²) in [5, 5.41) is 3.23. The van der Waals surface area contributed by atoms with Gasteiger partial charge in [0.15, 0.2) is 0 Å². The van der Waals surface area contributed by atoms with Crippen molar-refractivity contribution >= 4 is 17.5 Å². The Morgan fingerprint density at radius 3 is 2.68 bits per heavy atom. The fourth-order valence-electron chi connectivity index (χ4n) is 3.15. The van der Waals surface area contributed by atoms with Crippen LogP contribution in [-0.2, 0) is 6.42 Å². The van der Waals surface area contributed by atoms with E-state index in [-0.39, 0.29) is 0 Å². The van der Waals surface area contributed by atoms with Crippen LogP contribution in [0.5, 0.6) is 0 Å². The molecule has 124 valence electrons. The number of benzene rings is 2. The fraction of sp³-hybridized carbons (Fsp3) is 0.143. The van der Waals surface area contributed by atoms with Crippen LogP contribution in [0.15, 0.2) is 73.3 Å². The first-order chi connectivity index (χ1) is 12.3. The van der Waals surface area contributed by atoms with Gasteiger partial charge in [0, 0.05) is 30.4 Å². The predicted octanol–water partition coefficient (Wildman–Crippen LogP) is 4.44. The van der Waals surface area contributed by atoms with Crippen molar-refractivity contribution in [1.29, 1.82) is 0 Å². The topological polar surface area (TPSA) is 41.1 Å². The van der Waals surface area contributed by atoms with Crippen molar-refractivity contribution < 1.29 is 0 Å². The molecule has 3 aromatic rings. The second-order valence-corrected chi connectivity index (χ2v) is 6.00. The maximum Gasteiger partial charge on any atom is 0.225 e. The molecular formula is C21H20N4. The van der Waals surface area contributed by atoms with E-state index in [1.165, 1.54) is 11.3 Å². The highest BCUT2D eigenvalue weighted by atomic mass is 15.2. The molecule has 0 aliphatic carbocycles. The van der Waals surface area contributed by atoms with E-state index in [1.54, 1.807) is 0 Å². The van der Waals surface area contributed by atoms with E-state index in [0.717, 1.165) is 30.0 Å². The van der Waals surface area contributed by atoms with Crippen LogP contribution in [0, 0.1) is 0 Å². The van der Waals surface area contributed by atoms with Crippen LogP contribution in [0.3, 0.4) is 0 Å². The van der Waals surface area contributed by atoms with Crippen LogP contribution >= 0.6 is 0 Å². The SMILES string of the molecule is C=CCNc1nc(-c2ccccc2)cc(N2CCc3ccccc32)n1. The second kappa shape index (κ2) is 6.77. The maximum absolute atomic E-state index is 4.73. The van der Waals surface area contributed by atoms with Crippen LogP contribution in [0.25, 0.3) is 11.3 Å². The highest BCUT2D eigenvalue weighted by Crippen LogP contribution is 2.35. The van der Waals surface area contributed by atoms with E-state index in [9.17, 15) is 0 Å². The van der Waals surface area contributed by atoms with Gasteiger partial charge in [-0.05, 0) is 18.1 Å². The zero-order chi connectivity index (χ0) is 17.1. The van der Waals surface area contributed by atoms with Gasteiger partial charge in [0.05, 0.1) is 5.69 Å². The quantitative estimate of drug-likeness (QED) is 0.703. The Bertz CT molecular complexity index is 889. The van der Waals surface area contributed by atoms with Crippen LogP contribution < -0.4 is 10.2 Å². The van der Waals surface area contributed by atoms with Gasteiger partial charge in [0.2, 0.25) is 5.95 Å². The molecule has 4 heteroatoms. The van der Waals surface area contributed by atoms with Gasteiger partial charge >= 0.3 is 0 Å². The highest BCUT2D eigenvalue weighted by molar-refractivity contribution is 5.72. The van der Waals surface area contributed by atoms with E-state index in [4.69, 9.17) is 4.98 Å². The molecule has 0 saturated heterocycles. The molecule has 1 N–H and O–H groups in total. The van der Waals surface area contributed by atoms with Crippen LogP contribution in [0.2, 0.25) is 0 Å². The maximum atomic E-state index is 4.73. The number of hydrogen-bond donors (Lipinski definition) is 1. The molecule has 25 heavy (non-hydrogen) atoms. The minimum Gasteiger partial charge on any atom is -0.351 e. The third-order valence-electron chi connectivity index (χ3n) is 4.35. The van der Waals surface area contributed by atoms with Gasteiger partial charge in [-0.15, -0.1) is 6.58 Å². The van der Waals surface area contributed by atoms with Gasteiger partial charge < -0.3 is 10.2 Å². The van der Waals surface area contributed by atoms with Crippen LogP contribution in [-0.4, -0.2) is 23.1 Å². The van der Waals surface area contributed by atoms with Crippen molar-refractivity contribution in [3.8, 4) is 11.3 Å². The highest BCUT2D eigenvalue weighted by Gasteiger charge is 2.22. The minimum atomic E-state index is 0.626. The average Bonchev–Trinajstić information content (AvgIpc) is 3.11. The molecule has 0 radical (unpaired) electrons. The molecule has 0 amide bonds. The number of para-hydroxylation sites is 1. The lowest BCUT2D eigenvalue weighted by atomic mass is 10.1. The number of rotatable bonds is 5. The summed E-state index contributed by atoms with van der Waals surface area (Å²) in [6, 6.07) is 20.8. The summed E-state index contributed by atoms with van der Waals surface area (Å²) in [6.07, 6.45) is 2.85. The number of aromatic nitrogens is 2. The zero-order valence-corrected chi connectivity index (χ0v) is 14.0. The summed E-state index contributed by atoms with van der Waals surface area (Å²) in [5.74, 6) is 1.55. The molecule has 0 unspecified atom stereocenters. The molecule has 0 fully saturated rings. The molecular weight excluding hydrogens is 308 g/mol. The van der Waals surface area contributed by atoms with Gasteiger partial charge in [-0.2, -0.15) is 4.98 Å². The standard InChI is InChI=1S/C21H20N4/c1-2-13-22-21-23-18(16-8-4-3-5-9-16)15-20(24-21)25-14-12-17-10-6-7-11-19(17)25/h2-11,15H,1,12-14H2,(H,22,23,24). The molecule has 1 aliphatic heterocycles. The smallest absolute Gasteiger partial charge is 0.225 e. The largest absolute Gasteiger partial charge is 0.351 e. The Kier molecular flexibility index (Phi) is 4.17. The summed E-state index contributed by atoms with van der Waals surface area (Å²) in [7, 11) is 0. The summed E-state index contributed by atoms with van der Waals surface area (Å²) in [4.78, 5) is 11.7. The first-order valence-corrected chi connectivity index (χ1v) is 8.50. The normalized spacial score (nSPS) is 12.7. The van der Waals surface area contributed by atoms with Crippen molar-refractivity contribution in [2.75, 3.05) is 23.3 Å². The van der Waals surface area contributed by atoms with Gasteiger partial charge in [-0.1, -0.05) is 54.6 Å². The van der Waals surface area contributed by atoms with Gasteiger partial charge in [0.25, 0.3) is 0 Å². The molecule has 1 aromatic heterocycles. The first-order valence-electron chi connectivity index (χ1n) is 8.50. The molecule has 1 aliphatic rings. The molecule has 0 atom stereocenters. The van der Waals surface area contributed by atoms with E-state index in [0.29, 0.717) is 12.5 Å². The second-order valence-electron chi connectivity index (χ2n) is 6.00. The number of hydrogen-bond acceptors (Lipinski definition) is 4. The Balaban J connectivity index is 1.78. The molecule has 0 spiro atoms. The Hall–Kier alpha value is -3.14. The number of nitrogens with zero attached hydrogens (tertiary/aromatic N) is 3. The lowest BCUT2D eigenvalue weighted by molar-refractivity contribution is 0.964. The minimum absolute atomic E-state index is 0.626. The average molecular weight is 328 g/mol. The third kappa shape index (κ3) is 3.11. The van der Waals surface area contributed by atoms with Crippen molar-refractivity contribution in [2.24, 2.45) is 0 Å². The molecule has 4 nitrogen and oxygen atoms in total. The van der Waals surface area contributed by atoms with Crippen LogP contribution in [0.1, 0.15) is 5.56 Å². The van der Waals surface area contributed by atoms with Crippen LogP contribution in [0.4, 0.5) is 17.5 Å². The lowest BCUT2D eigenvalue weighted by Gasteiger charge is -2.20. The van der Waals surface area contributed by atoms with Crippen molar-refractivity contribution in [3.63, 3.8) is 0 Å². The van der Waals surface area contributed by atoms with E-state index in [2.05, 4.69) is 64.2 Å². The molecule has 2 heterocycles. The number of nitrogens with one attached hydrogen (secondary N) is 1. The Morgan fingerprint density at radius 1 is 1.04 bits per heavy atom. The van der Waals surface area contributed by atoms with E-state index < -0.39 is 0 Å². The van der Waals surface area contributed by atoms with Gasteiger partial charge in [-0.25, -0.2) is 4.98 Å². The summed E-state index contributed by atoms with van der Waals surface area (Å²) in [5.41, 5.74) is 4.60. The zero-order valence-electron chi connectivity index (χ0n) is 14.0. The summed E-state index contributed by atoms with van der Waals surface area (Å²) < 4.78 is 0. The summed E-state index contributed by atoms with van der Waals surface area (Å²) >= 11 is 0. The molecule has 4 rings (SSSR count). The van der Waals surface area contributed by atoms with Crippen molar-refractivity contribution in [1.82, 2.24) is 9.97 Å². The molecule has 2 aromatic carbocycles. The van der Waals surface area contributed by atoms with E-state index >= 15 is 0 Å². The summed E-state index contributed by atoms with van der Waals surface area (Å²) in [6.45, 7) is 5.33. The van der Waals surface area contributed by atoms with E-state index in [1.807, 2.05) is 24.3 Å². The molecule has 0 bridgehead atoms. The van der Waals surface area contributed by atoms with Gasteiger partial charge in [0.1, 0.15) is 5.82 Å². The number of anilines is 3. The fourth-order valence-corrected chi connectivity index (χ4v) is 3.15. The molecule has 0 saturated carbocycles. The third-order valence-corrected chi connectivity index (χ3v) is 4.35. The van der Waals surface area contributed by atoms with Crippen molar-refractivity contribution in [3.05, 3.63) is 78.9 Å². The van der Waals surface area contributed by atoms with Crippen molar-refractivity contribution in [2.45, 2.75) is 6.42 Å². The van der Waals surface area contributed by atoms with Gasteiger partial charge in [-0.3, -0.25) is 0 Å². The monoisotopic (exact) mass is 328 g/mol. The lowest BCUT2D eigenvalue weighted by Crippen LogP contribution is -2.16. The first kappa shape index (κ1) is 15.4.